The van der Waals surface area contributed by atoms with Gasteiger partial charge < -0.3 is 16.2 Å². The molecule has 0 spiro atoms. The highest BCUT2D eigenvalue weighted by Crippen LogP contribution is 2.03. The predicted molar refractivity (Wildman–Crippen MR) is 72.5 cm³/mol. The second-order valence-corrected chi connectivity index (χ2v) is 3.78. The lowest BCUT2D eigenvalue weighted by molar-refractivity contribution is 0.0323. The van der Waals surface area contributed by atoms with Gasteiger partial charge in [0.2, 0.25) is 0 Å². The molecule has 1 aliphatic rings. The molecule has 90 valence electrons. The van der Waals surface area contributed by atoms with Crippen LogP contribution in [0.4, 0.5) is 0 Å². The molecule has 1 rings (SSSR count). The largest absolute Gasteiger partial charge is 0.379 e. The number of guanidine groups is 1. The Labute approximate surface area is 108 Å². The minimum absolute atomic E-state index is 0. The maximum atomic E-state index is 5.27. The molecule has 1 unspecified atom stereocenters. The zero-order valence-corrected chi connectivity index (χ0v) is 11.5. The summed E-state index contributed by atoms with van der Waals surface area (Å²) in [6.07, 6.45) is 0. The van der Waals surface area contributed by atoms with Crippen molar-refractivity contribution < 1.29 is 4.74 Å². The van der Waals surface area contributed by atoms with Gasteiger partial charge in [0.05, 0.1) is 13.2 Å². The summed E-state index contributed by atoms with van der Waals surface area (Å²) in [5.74, 6) is 0.675. The number of ether oxygens (including phenoxy) is 1. The molecule has 1 fully saturated rings. The Balaban J connectivity index is 0.00000196. The Morgan fingerprint density at radius 3 is 2.53 bits per heavy atom. The van der Waals surface area contributed by atoms with Crippen LogP contribution in [0, 0.1) is 5.92 Å². The van der Waals surface area contributed by atoms with E-state index in [1.54, 1.807) is 0 Å². The second-order valence-electron chi connectivity index (χ2n) is 3.78. The lowest BCUT2D eigenvalue weighted by Gasteiger charge is -2.28. The van der Waals surface area contributed by atoms with Crippen LogP contribution in [0.25, 0.3) is 0 Å². The fourth-order valence-electron chi connectivity index (χ4n) is 1.54. The SMILES string of the molecule is CC(CN=C(N)N)CN1CCOCC1.I. The van der Waals surface area contributed by atoms with E-state index in [9.17, 15) is 0 Å². The molecule has 0 amide bonds. The van der Waals surface area contributed by atoms with E-state index >= 15 is 0 Å². The van der Waals surface area contributed by atoms with Gasteiger partial charge in [0.25, 0.3) is 0 Å². The zero-order chi connectivity index (χ0) is 10.4. The maximum Gasteiger partial charge on any atom is 0.185 e. The summed E-state index contributed by atoms with van der Waals surface area (Å²) in [5, 5.41) is 0. The second kappa shape index (κ2) is 8.12. The van der Waals surface area contributed by atoms with Gasteiger partial charge in [0.1, 0.15) is 0 Å². The normalized spacial score (nSPS) is 19.0. The van der Waals surface area contributed by atoms with E-state index in [4.69, 9.17) is 16.2 Å². The molecular weight excluding hydrogens is 307 g/mol. The third-order valence-corrected chi connectivity index (χ3v) is 2.26. The molecule has 5 nitrogen and oxygen atoms in total. The molecule has 0 saturated carbocycles. The van der Waals surface area contributed by atoms with Crippen molar-refractivity contribution in [3.8, 4) is 0 Å². The van der Waals surface area contributed by atoms with Crippen LogP contribution >= 0.6 is 24.0 Å². The number of nitrogens with two attached hydrogens (primary N) is 2. The molecule has 0 radical (unpaired) electrons. The molecule has 4 N–H and O–H groups in total. The first kappa shape index (κ1) is 14.9. The Kier molecular flexibility index (Phi) is 8.07. The van der Waals surface area contributed by atoms with Gasteiger partial charge in [0.15, 0.2) is 5.96 Å². The lowest BCUT2D eigenvalue weighted by atomic mass is 10.1. The first-order valence-corrected chi connectivity index (χ1v) is 5.04. The van der Waals surface area contributed by atoms with Gasteiger partial charge in [0, 0.05) is 26.2 Å². The van der Waals surface area contributed by atoms with Crippen LogP contribution in [-0.4, -0.2) is 50.3 Å². The van der Waals surface area contributed by atoms with Crippen LogP contribution < -0.4 is 11.5 Å². The Bertz CT molecular complexity index is 191. The Morgan fingerprint density at radius 1 is 1.40 bits per heavy atom. The van der Waals surface area contributed by atoms with Gasteiger partial charge >= 0.3 is 0 Å². The molecule has 0 aromatic carbocycles. The highest BCUT2D eigenvalue weighted by atomic mass is 127. The van der Waals surface area contributed by atoms with E-state index < -0.39 is 0 Å². The van der Waals surface area contributed by atoms with Crippen LogP contribution in [0.3, 0.4) is 0 Å². The quantitative estimate of drug-likeness (QED) is 0.427. The van der Waals surface area contributed by atoms with Gasteiger partial charge in [-0.1, -0.05) is 6.92 Å². The number of rotatable bonds is 4. The minimum atomic E-state index is 0. The summed E-state index contributed by atoms with van der Waals surface area (Å²) in [6, 6.07) is 0. The zero-order valence-electron chi connectivity index (χ0n) is 9.19. The standard InChI is InChI=1S/C9H20N4O.HI/c1-8(6-12-9(10)11)7-13-2-4-14-5-3-13;/h8H,2-7H2,1H3,(H4,10,11,12);1H. The molecule has 0 aromatic heterocycles. The maximum absolute atomic E-state index is 5.27. The molecule has 1 atom stereocenters. The van der Waals surface area contributed by atoms with E-state index in [1.807, 2.05) is 0 Å². The Hall–Kier alpha value is -0.0800. The minimum Gasteiger partial charge on any atom is -0.379 e. The van der Waals surface area contributed by atoms with Crippen molar-refractivity contribution in [2.24, 2.45) is 22.4 Å². The van der Waals surface area contributed by atoms with Gasteiger partial charge in [-0.3, -0.25) is 9.89 Å². The van der Waals surface area contributed by atoms with E-state index in [-0.39, 0.29) is 29.9 Å². The van der Waals surface area contributed by atoms with Crippen molar-refractivity contribution in [2.75, 3.05) is 39.4 Å². The molecule has 1 aliphatic heterocycles. The lowest BCUT2D eigenvalue weighted by Crippen LogP contribution is -2.39. The third-order valence-electron chi connectivity index (χ3n) is 2.26. The number of morpholine rings is 1. The van der Waals surface area contributed by atoms with Crippen molar-refractivity contribution in [2.45, 2.75) is 6.92 Å². The molecule has 0 bridgehead atoms. The average molecular weight is 328 g/mol. The molecular formula is C9H21IN4O. The fraction of sp³-hybridized carbons (Fsp3) is 0.889. The third kappa shape index (κ3) is 6.91. The summed E-state index contributed by atoms with van der Waals surface area (Å²) in [4.78, 5) is 6.39. The smallest absolute Gasteiger partial charge is 0.185 e. The molecule has 6 heteroatoms. The first-order chi connectivity index (χ1) is 6.68. The molecule has 15 heavy (non-hydrogen) atoms. The van der Waals surface area contributed by atoms with Gasteiger partial charge in [-0.25, -0.2) is 0 Å². The number of hydrogen-bond acceptors (Lipinski definition) is 3. The van der Waals surface area contributed by atoms with Crippen molar-refractivity contribution in [3.63, 3.8) is 0 Å². The summed E-state index contributed by atoms with van der Waals surface area (Å²) < 4.78 is 5.27. The number of nitrogens with zero attached hydrogens (tertiary/aromatic N) is 2. The van der Waals surface area contributed by atoms with Gasteiger partial charge in [-0.2, -0.15) is 0 Å². The van der Waals surface area contributed by atoms with E-state index in [0.717, 1.165) is 32.8 Å². The summed E-state index contributed by atoms with van der Waals surface area (Å²) in [7, 11) is 0. The van der Waals surface area contributed by atoms with E-state index in [1.165, 1.54) is 0 Å². The summed E-state index contributed by atoms with van der Waals surface area (Å²) >= 11 is 0. The predicted octanol–water partition coefficient (Wildman–Crippen LogP) is -0.154. The first-order valence-electron chi connectivity index (χ1n) is 5.04. The van der Waals surface area contributed by atoms with Crippen molar-refractivity contribution in [1.29, 1.82) is 0 Å². The van der Waals surface area contributed by atoms with Crippen molar-refractivity contribution in [3.05, 3.63) is 0 Å². The summed E-state index contributed by atoms with van der Waals surface area (Å²) in [5.41, 5.74) is 10.5. The van der Waals surface area contributed by atoms with E-state index in [0.29, 0.717) is 12.5 Å². The average Bonchev–Trinajstić information content (AvgIpc) is 2.16. The monoisotopic (exact) mass is 328 g/mol. The molecule has 1 saturated heterocycles. The highest BCUT2D eigenvalue weighted by molar-refractivity contribution is 14.0. The summed E-state index contributed by atoms with van der Waals surface area (Å²) in [6.45, 7) is 7.63. The highest BCUT2D eigenvalue weighted by Gasteiger charge is 2.13. The molecule has 1 heterocycles. The Morgan fingerprint density at radius 2 is 2.00 bits per heavy atom. The van der Waals surface area contributed by atoms with Crippen LogP contribution in [-0.2, 0) is 4.74 Å². The van der Waals surface area contributed by atoms with Crippen molar-refractivity contribution in [1.82, 2.24) is 4.90 Å². The topological polar surface area (TPSA) is 76.9 Å². The van der Waals surface area contributed by atoms with Crippen LogP contribution in [0.1, 0.15) is 6.92 Å². The number of hydrogen-bond donors (Lipinski definition) is 2. The van der Waals surface area contributed by atoms with Crippen molar-refractivity contribution >= 4 is 29.9 Å². The van der Waals surface area contributed by atoms with Gasteiger partial charge in [-0.15, -0.1) is 24.0 Å². The van der Waals surface area contributed by atoms with Gasteiger partial charge in [-0.05, 0) is 5.92 Å². The number of aliphatic imine (C=N–C) groups is 1. The fourth-order valence-corrected chi connectivity index (χ4v) is 1.54. The van der Waals surface area contributed by atoms with Crippen LogP contribution in [0.2, 0.25) is 0 Å². The molecule has 0 aliphatic carbocycles. The van der Waals surface area contributed by atoms with E-state index in [2.05, 4.69) is 16.8 Å². The van der Waals surface area contributed by atoms with Crippen LogP contribution in [0.5, 0.6) is 0 Å². The molecule has 0 aromatic rings. The van der Waals surface area contributed by atoms with Crippen LogP contribution in [0.15, 0.2) is 4.99 Å². The number of halogens is 1.